The van der Waals surface area contributed by atoms with E-state index in [0.29, 0.717) is 5.82 Å². The van der Waals surface area contributed by atoms with Crippen LogP contribution in [0.5, 0.6) is 0 Å². The van der Waals surface area contributed by atoms with Crippen LogP contribution >= 0.6 is 15.9 Å². The monoisotopic (exact) mass is 384 g/mol. The number of benzene rings is 2. The number of nitrogens with zero attached hydrogens (tertiary/aromatic N) is 5. The number of carbonyl (C=O) groups excluding carboxylic acids is 1. The molecule has 3 rings (SSSR count). The standard InChI is InChI=1S/C16H13BrN6O/c17-14-9-5-4-8-13(14)10-18-19-15(24)11-23-21-16(20-22-23)12-6-2-1-3-7-12/h1-10H,11H2,(H,19,24)/b18-10-. The number of amides is 1. The Bertz CT molecular complexity index is 862. The van der Waals surface area contributed by atoms with E-state index < -0.39 is 0 Å². The number of hydrogen-bond donors (Lipinski definition) is 1. The molecule has 0 fully saturated rings. The average molecular weight is 385 g/mol. The predicted octanol–water partition coefficient (Wildman–Crippen LogP) is 2.25. The Morgan fingerprint density at radius 2 is 1.92 bits per heavy atom. The summed E-state index contributed by atoms with van der Waals surface area (Å²) in [6.45, 7) is -0.0624. The first kappa shape index (κ1) is 16.0. The molecule has 0 aliphatic rings. The third kappa shape index (κ3) is 4.11. The predicted molar refractivity (Wildman–Crippen MR) is 93.1 cm³/mol. The van der Waals surface area contributed by atoms with E-state index in [0.717, 1.165) is 15.6 Å². The fraction of sp³-hybridized carbons (Fsp3) is 0.0625. The van der Waals surface area contributed by atoms with Crippen LogP contribution in [0, 0.1) is 0 Å². The molecule has 0 unspecified atom stereocenters. The molecule has 2 aromatic carbocycles. The second kappa shape index (κ2) is 7.60. The van der Waals surface area contributed by atoms with E-state index >= 15 is 0 Å². The van der Waals surface area contributed by atoms with Crippen molar-refractivity contribution in [1.29, 1.82) is 0 Å². The zero-order chi connectivity index (χ0) is 16.8. The molecule has 0 bridgehead atoms. The number of nitrogens with one attached hydrogen (secondary N) is 1. The summed E-state index contributed by atoms with van der Waals surface area (Å²) in [6.07, 6.45) is 1.56. The SMILES string of the molecule is O=C(Cn1nnc(-c2ccccc2)n1)N/N=C\c1ccccc1Br. The van der Waals surface area contributed by atoms with Crippen LogP contribution in [-0.4, -0.2) is 32.3 Å². The van der Waals surface area contributed by atoms with Gasteiger partial charge >= 0.3 is 0 Å². The Morgan fingerprint density at radius 3 is 2.71 bits per heavy atom. The van der Waals surface area contributed by atoms with Gasteiger partial charge in [0.2, 0.25) is 5.82 Å². The van der Waals surface area contributed by atoms with Crippen molar-refractivity contribution in [2.45, 2.75) is 6.54 Å². The van der Waals surface area contributed by atoms with Crippen molar-refractivity contribution in [2.75, 3.05) is 0 Å². The van der Waals surface area contributed by atoms with E-state index in [4.69, 9.17) is 0 Å². The van der Waals surface area contributed by atoms with Gasteiger partial charge in [-0.15, -0.1) is 10.2 Å². The maximum atomic E-state index is 11.9. The second-order valence-electron chi connectivity index (χ2n) is 4.82. The zero-order valence-electron chi connectivity index (χ0n) is 12.5. The van der Waals surface area contributed by atoms with Crippen molar-refractivity contribution in [3.05, 3.63) is 64.6 Å². The summed E-state index contributed by atoms with van der Waals surface area (Å²) in [7, 11) is 0. The third-order valence-electron chi connectivity index (χ3n) is 3.07. The summed E-state index contributed by atoms with van der Waals surface area (Å²) >= 11 is 3.41. The molecule has 0 radical (unpaired) electrons. The number of tetrazole rings is 1. The molecule has 24 heavy (non-hydrogen) atoms. The topological polar surface area (TPSA) is 85.1 Å². The maximum Gasteiger partial charge on any atom is 0.263 e. The lowest BCUT2D eigenvalue weighted by atomic mass is 10.2. The lowest BCUT2D eigenvalue weighted by Crippen LogP contribution is -2.24. The van der Waals surface area contributed by atoms with E-state index in [1.165, 1.54) is 4.80 Å². The van der Waals surface area contributed by atoms with E-state index in [9.17, 15) is 4.79 Å². The smallest absolute Gasteiger partial charge is 0.263 e. The minimum atomic E-state index is -0.338. The molecule has 1 heterocycles. The number of halogens is 1. The molecule has 1 aromatic heterocycles. The van der Waals surface area contributed by atoms with Gasteiger partial charge in [0, 0.05) is 15.6 Å². The molecule has 0 aliphatic heterocycles. The molecule has 0 aliphatic carbocycles. The van der Waals surface area contributed by atoms with E-state index in [1.54, 1.807) is 6.21 Å². The van der Waals surface area contributed by atoms with Crippen LogP contribution in [-0.2, 0) is 11.3 Å². The Kier molecular flexibility index (Phi) is 5.07. The van der Waals surface area contributed by atoms with Gasteiger partial charge in [-0.2, -0.15) is 9.90 Å². The van der Waals surface area contributed by atoms with Crippen LogP contribution in [0.1, 0.15) is 5.56 Å². The summed E-state index contributed by atoms with van der Waals surface area (Å²) in [4.78, 5) is 13.1. The lowest BCUT2D eigenvalue weighted by Gasteiger charge is -1.99. The van der Waals surface area contributed by atoms with Crippen molar-refractivity contribution >= 4 is 28.1 Å². The highest BCUT2D eigenvalue weighted by Crippen LogP contribution is 2.13. The molecule has 1 amide bonds. The third-order valence-corrected chi connectivity index (χ3v) is 3.79. The largest absolute Gasteiger partial charge is 0.271 e. The fourth-order valence-corrected chi connectivity index (χ4v) is 2.32. The number of carbonyl (C=O) groups is 1. The Hall–Kier alpha value is -2.87. The highest BCUT2D eigenvalue weighted by atomic mass is 79.9. The minimum absolute atomic E-state index is 0.0624. The summed E-state index contributed by atoms with van der Waals surface area (Å²) in [6, 6.07) is 17.0. The first-order chi connectivity index (χ1) is 11.7. The van der Waals surface area contributed by atoms with E-state index in [1.807, 2.05) is 54.6 Å². The minimum Gasteiger partial charge on any atom is -0.271 e. The number of hydrazone groups is 1. The van der Waals surface area contributed by atoms with E-state index in [2.05, 4.69) is 41.9 Å². The highest BCUT2D eigenvalue weighted by molar-refractivity contribution is 9.10. The van der Waals surface area contributed by atoms with Crippen LogP contribution in [0.25, 0.3) is 11.4 Å². The van der Waals surface area contributed by atoms with Crippen molar-refractivity contribution in [3.8, 4) is 11.4 Å². The van der Waals surface area contributed by atoms with Gasteiger partial charge in [0.05, 0.1) is 6.21 Å². The lowest BCUT2D eigenvalue weighted by molar-refractivity contribution is -0.122. The van der Waals surface area contributed by atoms with Gasteiger partial charge in [-0.25, -0.2) is 5.43 Å². The normalized spacial score (nSPS) is 10.9. The number of aromatic nitrogens is 4. The molecular weight excluding hydrogens is 372 g/mol. The summed E-state index contributed by atoms with van der Waals surface area (Å²) in [5.41, 5.74) is 4.14. The fourth-order valence-electron chi connectivity index (χ4n) is 1.93. The Morgan fingerprint density at radius 1 is 1.17 bits per heavy atom. The van der Waals surface area contributed by atoms with Gasteiger partial charge in [0.25, 0.3) is 5.91 Å². The van der Waals surface area contributed by atoms with Crippen molar-refractivity contribution in [1.82, 2.24) is 25.6 Å². The van der Waals surface area contributed by atoms with Gasteiger partial charge in [0.15, 0.2) is 0 Å². The molecule has 0 spiro atoms. The van der Waals surface area contributed by atoms with Gasteiger partial charge in [-0.1, -0.05) is 64.5 Å². The molecule has 0 atom stereocenters. The number of hydrogen-bond acceptors (Lipinski definition) is 5. The summed E-state index contributed by atoms with van der Waals surface area (Å²) in [5.74, 6) is 0.135. The molecular formula is C16H13BrN6O. The molecule has 120 valence electrons. The van der Waals surface area contributed by atoms with Crippen LogP contribution in [0.3, 0.4) is 0 Å². The highest BCUT2D eigenvalue weighted by Gasteiger charge is 2.08. The van der Waals surface area contributed by atoms with Crippen molar-refractivity contribution < 1.29 is 4.79 Å². The number of rotatable bonds is 5. The molecule has 0 saturated heterocycles. The van der Waals surface area contributed by atoms with Gasteiger partial charge in [-0.3, -0.25) is 4.79 Å². The van der Waals surface area contributed by atoms with Crippen molar-refractivity contribution in [2.24, 2.45) is 5.10 Å². The van der Waals surface area contributed by atoms with Gasteiger partial charge in [0.1, 0.15) is 6.54 Å². The van der Waals surface area contributed by atoms with Crippen LogP contribution < -0.4 is 5.43 Å². The quantitative estimate of drug-likeness (QED) is 0.539. The molecule has 0 saturated carbocycles. The molecule has 1 N–H and O–H groups in total. The van der Waals surface area contributed by atoms with Crippen molar-refractivity contribution in [3.63, 3.8) is 0 Å². The van der Waals surface area contributed by atoms with Crippen LogP contribution in [0.15, 0.2) is 64.2 Å². The Balaban J connectivity index is 1.58. The van der Waals surface area contributed by atoms with Crippen LogP contribution in [0.2, 0.25) is 0 Å². The second-order valence-corrected chi connectivity index (χ2v) is 5.68. The molecule has 7 nitrogen and oxygen atoms in total. The maximum absolute atomic E-state index is 11.9. The first-order valence-electron chi connectivity index (χ1n) is 7.12. The Labute approximate surface area is 146 Å². The zero-order valence-corrected chi connectivity index (χ0v) is 14.1. The molecule has 8 heteroatoms. The first-order valence-corrected chi connectivity index (χ1v) is 7.91. The summed E-state index contributed by atoms with van der Waals surface area (Å²) < 4.78 is 0.897. The van der Waals surface area contributed by atoms with Gasteiger partial charge in [-0.05, 0) is 11.3 Å². The summed E-state index contributed by atoms with van der Waals surface area (Å²) in [5, 5.41) is 15.9. The molecule has 3 aromatic rings. The van der Waals surface area contributed by atoms with Gasteiger partial charge < -0.3 is 0 Å². The van der Waals surface area contributed by atoms with Crippen LogP contribution in [0.4, 0.5) is 0 Å². The van der Waals surface area contributed by atoms with E-state index in [-0.39, 0.29) is 12.5 Å². The average Bonchev–Trinajstić information content (AvgIpc) is 3.06.